The summed E-state index contributed by atoms with van der Waals surface area (Å²) in [4.78, 5) is 0.235. The molecule has 0 radical (unpaired) electrons. The van der Waals surface area contributed by atoms with Crippen LogP contribution < -0.4 is 10.1 Å². The molecular weight excluding hydrogens is 298 g/mol. The average molecular weight is 312 g/mol. The molecule has 0 unspecified atom stereocenters. The molecule has 0 atom stereocenters. The van der Waals surface area contributed by atoms with Crippen LogP contribution in [0.4, 0.5) is 5.69 Å². The van der Waals surface area contributed by atoms with Crippen LogP contribution in [0.5, 0.6) is 5.75 Å². The first-order chi connectivity index (χ1) is 9.50. The van der Waals surface area contributed by atoms with E-state index in [-0.39, 0.29) is 15.5 Å². The number of ether oxygens (including phenoxy) is 1. The molecule has 2 aromatic carbocycles. The molecule has 0 saturated carbocycles. The largest absolute Gasteiger partial charge is 0.495 e. The molecule has 1 N–H and O–H groups in total. The molecular formula is C14H14ClNO3S. The van der Waals surface area contributed by atoms with Crippen molar-refractivity contribution in [2.24, 2.45) is 0 Å². The minimum Gasteiger partial charge on any atom is -0.495 e. The molecule has 4 nitrogen and oxygen atoms in total. The Kier molecular flexibility index (Phi) is 4.20. The van der Waals surface area contributed by atoms with Gasteiger partial charge in [-0.15, -0.1) is 0 Å². The van der Waals surface area contributed by atoms with E-state index in [4.69, 9.17) is 16.3 Å². The molecule has 0 fully saturated rings. The molecule has 2 rings (SSSR count). The molecule has 0 bridgehead atoms. The first kappa shape index (κ1) is 14.7. The summed E-state index contributed by atoms with van der Waals surface area (Å²) >= 11 is 5.91. The summed E-state index contributed by atoms with van der Waals surface area (Å²) in [5.74, 6) is 0.264. The van der Waals surface area contributed by atoms with E-state index < -0.39 is 9.84 Å². The third-order valence-corrected chi connectivity index (χ3v) is 4.93. The maximum absolute atomic E-state index is 12.8. The van der Waals surface area contributed by atoms with Crippen molar-refractivity contribution in [1.82, 2.24) is 0 Å². The highest BCUT2D eigenvalue weighted by atomic mass is 35.5. The third kappa shape index (κ3) is 2.59. The molecule has 2 aromatic rings. The number of hydrogen-bond acceptors (Lipinski definition) is 4. The van der Waals surface area contributed by atoms with Crippen LogP contribution >= 0.6 is 11.6 Å². The summed E-state index contributed by atoms with van der Waals surface area (Å²) in [5.41, 5.74) is 0.523. The second-order valence-electron chi connectivity index (χ2n) is 4.04. The van der Waals surface area contributed by atoms with E-state index >= 15 is 0 Å². The number of sulfone groups is 1. The number of nitrogens with one attached hydrogen (secondary N) is 1. The fraction of sp³-hybridized carbons (Fsp3) is 0.143. The van der Waals surface area contributed by atoms with Gasteiger partial charge >= 0.3 is 0 Å². The van der Waals surface area contributed by atoms with Crippen molar-refractivity contribution in [3.05, 3.63) is 47.5 Å². The van der Waals surface area contributed by atoms with Crippen LogP contribution in [0.25, 0.3) is 0 Å². The zero-order valence-corrected chi connectivity index (χ0v) is 12.6. The standard InChI is InChI=1S/C14H14ClNO3S/c1-16-11-5-3-4-6-13(11)20(17,18)14-9-10(15)7-8-12(14)19-2/h3-9,16H,1-2H3. The Balaban J connectivity index is 2.70. The average Bonchev–Trinajstić information content (AvgIpc) is 2.47. The van der Waals surface area contributed by atoms with E-state index in [9.17, 15) is 8.42 Å². The monoisotopic (exact) mass is 311 g/mol. The predicted molar refractivity (Wildman–Crippen MR) is 79.4 cm³/mol. The number of anilines is 1. The number of rotatable bonds is 4. The SMILES string of the molecule is CNc1ccccc1S(=O)(=O)c1cc(Cl)ccc1OC. The zero-order chi connectivity index (χ0) is 14.8. The summed E-state index contributed by atoms with van der Waals surface area (Å²) in [7, 11) is -0.626. The first-order valence-electron chi connectivity index (χ1n) is 5.86. The van der Waals surface area contributed by atoms with Crippen LogP contribution in [0.15, 0.2) is 52.3 Å². The smallest absolute Gasteiger partial charge is 0.212 e. The zero-order valence-electron chi connectivity index (χ0n) is 11.1. The molecule has 0 aliphatic carbocycles. The lowest BCUT2D eigenvalue weighted by Gasteiger charge is -2.13. The van der Waals surface area contributed by atoms with Gasteiger partial charge in [-0.05, 0) is 30.3 Å². The highest BCUT2D eigenvalue weighted by Crippen LogP contribution is 2.34. The van der Waals surface area contributed by atoms with Crippen molar-refractivity contribution < 1.29 is 13.2 Å². The van der Waals surface area contributed by atoms with Crippen LogP contribution in [0, 0.1) is 0 Å². The number of methoxy groups -OCH3 is 1. The molecule has 6 heteroatoms. The Morgan fingerprint density at radius 2 is 1.80 bits per heavy atom. The molecule has 106 valence electrons. The Morgan fingerprint density at radius 1 is 1.10 bits per heavy atom. The first-order valence-corrected chi connectivity index (χ1v) is 7.72. The van der Waals surface area contributed by atoms with Gasteiger partial charge in [-0.3, -0.25) is 0 Å². The fourth-order valence-electron chi connectivity index (χ4n) is 1.89. The molecule has 0 aliphatic rings. The van der Waals surface area contributed by atoms with Gasteiger partial charge in [0, 0.05) is 12.1 Å². The third-order valence-electron chi connectivity index (χ3n) is 2.86. The molecule has 20 heavy (non-hydrogen) atoms. The maximum Gasteiger partial charge on any atom is 0.212 e. The van der Waals surface area contributed by atoms with Crippen molar-refractivity contribution in [2.75, 3.05) is 19.5 Å². The van der Waals surface area contributed by atoms with E-state index in [0.29, 0.717) is 10.7 Å². The van der Waals surface area contributed by atoms with Crippen molar-refractivity contribution >= 4 is 27.1 Å². The van der Waals surface area contributed by atoms with Crippen molar-refractivity contribution in [3.8, 4) is 5.75 Å². The van der Waals surface area contributed by atoms with E-state index in [1.54, 1.807) is 37.4 Å². The van der Waals surface area contributed by atoms with Crippen LogP contribution in [0.1, 0.15) is 0 Å². The van der Waals surface area contributed by atoms with Crippen LogP contribution in [-0.4, -0.2) is 22.6 Å². The maximum atomic E-state index is 12.8. The highest BCUT2D eigenvalue weighted by molar-refractivity contribution is 7.91. The minimum atomic E-state index is -3.72. The minimum absolute atomic E-state index is 0.0511. The Bertz CT molecular complexity index is 729. The van der Waals surface area contributed by atoms with Crippen molar-refractivity contribution in [3.63, 3.8) is 0 Å². The Morgan fingerprint density at radius 3 is 2.45 bits per heavy atom. The van der Waals surface area contributed by atoms with E-state index in [2.05, 4.69) is 5.32 Å². The number of benzene rings is 2. The lowest BCUT2D eigenvalue weighted by atomic mass is 10.3. The van der Waals surface area contributed by atoms with Crippen LogP contribution in [0.3, 0.4) is 0 Å². The summed E-state index contributed by atoms with van der Waals surface area (Å²) < 4.78 is 30.7. The Labute approximate surface area is 123 Å². The molecule has 0 saturated heterocycles. The number of hydrogen-bond donors (Lipinski definition) is 1. The predicted octanol–water partition coefficient (Wildman–Crippen LogP) is 3.22. The van der Waals surface area contributed by atoms with Gasteiger partial charge in [0.25, 0.3) is 0 Å². The second kappa shape index (κ2) is 5.73. The van der Waals surface area contributed by atoms with Gasteiger partial charge in [0.1, 0.15) is 10.6 Å². The van der Waals surface area contributed by atoms with Gasteiger partial charge in [-0.1, -0.05) is 23.7 Å². The lowest BCUT2D eigenvalue weighted by molar-refractivity contribution is 0.403. The normalized spacial score (nSPS) is 11.2. The lowest BCUT2D eigenvalue weighted by Crippen LogP contribution is -2.07. The summed E-state index contributed by atoms with van der Waals surface area (Å²) in [6.45, 7) is 0. The van der Waals surface area contributed by atoms with Crippen molar-refractivity contribution in [1.29, 1.82) is 0 Å². The molecule has 0 spiro atoms. The van der Waals surface area contributed by atoms with Gasteiger partial charge in [0.2, 0.25) is 9.84 Å². The number of halogens is 1. The number of para-hydroxylation sites is 1. The summed E-state index contributed by atoms with van der Waals surface area (Å²) in [6, 6.07) is 11.2. The summed E-state index contributed by atoms with van der Waals surface area (Å²) in [5, 5.41) is 3.21. The van der Waals surface area contributed by atoms with Crippen LogP contribution in [-0.2, 0) is 9.84 Å². The second-order valence-corrected chi connectivity index (χ2v) is 6.37. The molecule has 0 heterocycles. The molecule has 0 aliphatic heterocycles. The highest BCUT2D eigenvalue weighted by Gasteiger charge is 2.24. The molecule has 0 amide bonds. The van der Waals surface area contributed by atoms with Gasteiger partial charge in [-0.25, -0.2) is 8.42 Å². The van der Waals surface area contributed by atoms with Crippen molar-refractivity contribution in [2.45, 2.75) is 9.79 Å². The van der Waals surface area contributed by atoms with Gasteiger partial charge in [-0.2, -0.15) is 0 Å². The van der Waals surface area contributed by atoms with Gasteiger partial charge in [0.05, 0.1) is 17.7 Å². The fourth-order valence-corrected chi connectivity index (χ4v) is 3.78. The van der Waals surface area contributed by atoms with Gasteiger partial charge in [0.15, 0.2) is 0 Å². The van der Waals surface area contributed by atoms with E-state index in [1.807, 2.05) is 0 Å². The Hall–Kier alpha value is -1.72. The van der Waals surface area contributed by atoms with E-state index in [1.165, 1.54) is 19.2 Å². The molecule has 0 aromatic heterocycles. The topological polar surface area (TPSA) is 55.4 Å². The van der Waals surface area contributed by atoms with Crippen LogP contribution in [0.2, 0.25) is 5.02 Å². The van der Waals surface area contributed by atoms with E-state index in [0.717, 1.165) is 0 Å². The summed E-state index contributed by atoms with van der Waals surface area (Å²) in [6.07, 6.45) is 0. The quantitative estimate of drug-likeness (QED) is 0.942. The van der Waals surface area contributed by atoms with Gasteiger partial charge < -0.3 is 10.1 Å².